The lowest BCUT2D eigenvalue weighted by atomic mass is 10.1. The molecule has 0 bridgehead atoms. The number of nitriles is 1. The zero-order chi connectivity index (χ0) is 27.6. The molecule has 0 radical (unpaired) electrons. The number of carbonyl (C=O) groups is 1. The number of anilines is 1. The second-order valence-electron chi connectivity index (χ2n) is 9.07. The van der Waals surface area contributed by atoms with Crippen molar-refractivity contribution in [1.29, 1.82) is 5.26 Å². The van der Waals surface area contributed by atoms with Crippen LogP contribution in [0.5, 0.6) is 0 Å². The van der Waals surface area contributed by atoms with Gasteiger partial charge in [-0.2, -0.15) is 23.5 Å². The quantitative estimate of drug-likeness (QED) is 0.352. The number of piperazine rings is 1. The fourth-order valence-corrected chi connectivity index (χ4v) is 4.58. The Hall–Kier alpha value is -4.51. The van der Waals surface area contributed by atoms with E-state index in [1.165, 1.54) is 11.2 Å². The van der Waals surface area contributed by atoms with Gasteiger partial charge in [-0.25, -0.2) is 19.2 Å². The zero-order valence-corrected chi connectivity index (χ0v) is 20.5. The summed E-state index contributed by atoms with van der Waals surface area (Å²) in [4.78, 5) is 27.7. The van der Waals surface area contributed by atoms with Gasteiger partial charge in [0, 0.05) is 56.1 Å². The van der Waals surface area contributed by atoms with Crippen molar-refractivity contribution in [3.63, 3.8) is 0 Å². The summed E-state index contributed by atoms with van der Waals surface area (Å²) in [7, 11) is 0. The number of alkyl halides is 3. The van der Waals surface area contributed by atoms with Crippen LogP contribution in [0.25, 0.3) is 22.3 Å². The number of H-pyrrole nitrogens is 1. The van der Waals surface area contributed by atoms with Crippen molar-refractivity contribution in [3.8, 4) is 17.3 Å². The lowest BCUT2D eigenvalue weighted by Gasteiger charge is -2.36. The van der Waals surface area contributed by atoms with Gasteiger partial charge in [0.05, 0.1) is 41.7 Å². The Morgan fingerprint density at radius 3 is 2.72 bits per heavy atom. The summed E-state index contributed by atoms with van der Waals surface area (Å²) >= 11 is 0. The molecule has 0 spiro atoms. The van der Waals surface area contributed by atoms with Crippen molar-refractivity contribution < 1.29 is 22.4 Å². The van der Waals surface area contributed by atoms with Crippen LogP contribution in [0.1, 0.15) is 18.0 Å². The van der Waals surface area contributed by atoms with Crippen LogP contribution in [0.2, 0.25) is 0 Å². The number of hydrogen-bond donors (Lipinski definition) is 2. The number of urea groups is 1. The lowest BCUT2D eigenvalue weighted by Crippen LogP contribution is -2.51. The van der Waals surface area contributed by atoms with Crippen LogP contribution in [0, 0.1) is 17.1 Å². The highest BCUT2D eigenvalue weighted by Crippen LogP contribution is 2.34. The SMILES string of the molecule is N#CCC(CN1CCN(C(=O)Nc2cccc(C(F)(F)F)c2F)CC1)n1cc(-c2ncnc3[nH]ccc23)cn1. The number of carbonyl (C=O) groups excluding carboxylic acids is 1. The van der Waals surface area contributed by atoms with Gasteiger partial charge < -0.3 is 15.2 Å². The Kier molecular flexibility index (Phi) is 7.16. The van der Waals surface area contributed by atoms with Crippen molar-refractivity contribution in [2.75, 3.05) is 38.0 Å². The fraction of sp³-hybridized carbons (Fsp3) is 0.320. The number of rotatable bonds is 6. The van der Waals surface area contributed by atoms with E-state index in [2.05, 4.69) is 36.3 Å². The Morgan fingerprint density at radius 1 is 1.18 bits per heavy atom. The zero-order valence-electron chi connectivity index (χ0n) is 20.5. The van der Waals surface area contributed by atoms with E-state index in [0.717, 1.165) is 28.8 Å². The number of amides is 2. The van der Waals surface area contributed by atoms with Crippen LogP contribution in [0.4, 0.5) is 28.0 Å². The van der Waals surface area contributed by atoms with Crippen molar-refractivity contribution in [2.45, 2.75) is 18.6 Å². The topological polar surface area (TPSA) is 119 Å². The van der Waals surface area contributed by atoms with Gasteiger partial charge in [-0.1, -0.05) is 6.07 Å². The number of aromatic nitrogens is 5. The van der Waals surface area contributed by atoms with Gasteiger partial charge in [0.15, 0.2) is 5.82 Å². The molecule has 10 nitrogen and oxygen atoms in total. The van der Waals surface area contributed by atoms with Gasteiger partial charge in [-0.05, 0) is 18.2 Å². The predicted octanol–water partition coefficient (Wildman–Crippen LogP) is 4.28. The Bertz CT molecular complexity index is 1520. The maximum absolute atomic E-state index is 14.3. The fourth-order valence-electron chi connectivity index (χ4n) is 4.58. The third kappa shape index (κ3) is 5.53. The number of hydrogen-bond acceptors (Lipinski definition) is 6. The first kappa shape index (κ1) is 26.1. The first-order chi connectivity index (χ1) is 18.7. The molecular formula is C25H23F4N9O. The molecule has 39 heavy (non-hydrogen) atoms. The van der Waals surface area contributed by atoms with E-state index < -0.39 is 29.3 Å². The number of nitrogens with zero attached hydrogens (tertiary/aromatic N) is 7. The molecule has 2 N–H and O–H groups in total. The third-order valence-electron chi connectivity index (χ3n) is 6.60. The average Bonchev–Trinajstić information content (AvgIpc) is 3.59. The molecule has 14 heteroatoms. The smallest absolute Gasteiger partial charge is 0.346 e. The second-order valence-corrected chi connectivity index (χ2v) is 9.07. The molecule has 1 aliphatic heterocycles. The van der Waals surface area contributed by atoms with E-state index >= 15 is 0 Å². The second kappa shape index (κ2) is 10.7. The number of aromatic amines is 1. The molecule has 1 atom stereocenters. The van der Waals surface area contributed by atoms with Gasteiger partial charge in [-0.15, -0.1) is 0 Å². The minimum absolute atomic E-state index is 0.208. The summed E-state index contributed by atoms with van der Waals surface area (Å²) in [5, 5.41) is 17.0. The summed E-state index contributed by atoms with van der Waals surface area (Å²) in [6.45, 7) is 1.98. The number of nitrogens with one attached hydrogen (secondary N) is 2. The highest BCUT2D eigenvalue weighted by atomic mass is 19.4. The molecule has 0 aliphatic carbocycles. The molecule has 1 fully saturated rings. The largest absolute Gasteiger partial charge is 0.419 e. The molecule has 1 unspecified atom stereocenters. The molecule has 4 aromatic rings. The number of fused-ring (bicyclic) bond motifs is 1. The third-order valence-corrected chi connectivity index (χ3v) is 6.60. The summed E-state index contributed by atoms with van der Waals surface area (Å²) in [6, 6.07) is 5.89. The van der Waals surface area contributed by atoms with Crippen molar-refractivity contribution >= 4 is 22.8 Å². The van der Waals surface area contributed by atoms with Crippen LogP contribution >= 0.6 is 0 Å². The maximum Gasteiger partial charge on any atom is 0.419 e. The molecule has 1 aliphatic rings. The van der Waals surface area contributed by atoms with E-state index in [9.17, 15) is 27.6 Å². The van der Waals surface area contributed by atoms with Crippen molar-refractivity contribution in [3.05, 3.63) is 60.6 Å². The van der Waals surface area contributed by atoms with Gasteiger partial charge in [0.1, 0.15) is 12.0 Å². The summed E-state index contributed by atoms with van der Waals surface area (Å²) in [5.41, 5.74) is 0.251. The molecule has 202 valence electrons. The van der Waals surface area contributed by atoms with E-state index in [1.54, 1.807) is 17.1 Å². The minimum Gasteiger partial charge on any atom is -0.346 e. The lowest BCUT2D eigenvalue weighted by molar-refractivity contribution is -0.139. The molecule has 4 heterocycles. The van der Waals surface area contributed by atoms with Crippen LogP contribution in [0.15, 0.2) is 49.2 Å². The molecular weight excluding hydrogens is 518 g/mol. The van der Waals surface area contributed by atoms with Gasteiger partial charge in [0.2, 0.25) is 0 Å². The van der Waals surface area contributed by atoms with Gasteiger partial charge in [-0.3, -0.25) is 9.58 Å². The van der Waals surface area contributed by atoms with Crippen LogP contribution < -0.4 is 5.32 Å². The Morgan fingerprint density at radius 2 is 1.97 bits per heavy atom. The Labute approximate surface area is 219 Å². The van der Waals surface area contributed by atoms with E-state index in [1.807, 2.05) is 12.3 Å². The highest BCUT2D eigenvalue weighted by Gasteiger charge is 2.35. The van der Waals surface area contributed by atoms with E-state index in [0.29, 0.717) is 31.3 Å². The molecule has 0 saturated carbocycles. The molecule has 2 amide bonds. The predicted molar refractivity (Wildman–Crippen MR) is 133 cm³/mol. The summed E-state index contributed by atoms with van der Waals surface area (Å²) < 4.78 is 55.0. The number of halogens is 4. The standard InChI is InChI=1S/C25H23F4N9O/c26-21-19(25(27,28)29)2-1-3-20(21)35-24(39)37-10-8-36(9-11-37)14-17(4-6-30)38-13-16(12-34-38)22-18-5-7-31-23(18)33-15-32-22/h1-3,5,7,12-13,15,17H,4,8-11,14H2,(H,35,39)(H,31,32,33). The molecule has 5 rings (SSSR count). The summed E-state index contributed by atoms with van der Waals surface area (Å²) in [5.74, 6) is -1.52. The monoisotopic (exact) mass is 541 g/mol. The van der Waals surface area contributed by atoms with Crippen LogP contribution in [-0.2, 0) is 6.18 Å². The van der Waals surface area contributed by atoms with E-state index in [4.69, 9.17) is 0 Å². The van der Waals surface area contributed by atoms with Gasteiger partial charge in [0.25, 0.3) is 0 Å². The average molecular weight is 542 g/mol. The normalized spacial score (nSPS) is 15.3. The highest BCUT2D eigenvalue weighted by molar-refractivity contribution is 5.90. The molecule has 1 aromatic carbocycles. The van der Waals surface area contributed by atoms with Gasteiger partial charge >= 0.3 is 12.2 Å². The molecule has 3 aromatic heterocycles. The van der Waals surface area contributed by atoms with Crippen molar-refractivity contribution in [1.82, 2.24) is 34.5 Å². The van der Waals surface area contributed by atoms with Crippen molar-refractivity contribution in [2.24, 2.45) is 0 Å². The van der Waals surface area contributed by atoms with Crippen LogP contribution in [-0.4, -0.2) is 73.3 Å². The Balaban J connectivity index is 1.21. The van der Waals surface area contributed by atoms with Crippen LogP contribution in [0.3, 0.4) is 0 Å². The number of benzene rings is 1. The summed E-state index contributed by atoms with van der Waals surface area (Å²) in [6.07, 6.45) is 2.12. The first-order valence-electron chi connectivity index (χ1n) is 12.1. The van der Waals surface area contributed by atoms with E-state index in [-0.39, 0.29) is 25.6 Å². The minimum atomic E-state index is -4.87. The first-order valence-corrected chi connectivity index (χ1v) is 12.1. The maximum atomic E-state index is 14.3. The molecule has 1 saturated heterocycles.